The van der Waals surface area contributed by atoms with Crippen LogP contribution < -0.4 is 5.56 Å². The Labute approximate surface area is 141 Å². The fourth-order valence-corrected chi connectivity index (χ4v) is 2.59. The molecule has 1 N–H and O–H groups in total. The van der Waals surface area contributed by atoms with E-state index in [9.17, 15) is 14.0 Å². The Kier molecular flexibility index (Phi) is 4.31. The molecule has 1 aromatic heterocycles. The Balaban J connectivity index is 2.16. The van der Waals surface area contributed by atoms with Crippen molar-refractivity contribution in [2.24, 2.45) is 0 Å². The minimum absolute atomic E-state index is 0.155. The lowest BCUT2D eigenvalue weighted by Gasteiger charge is -2.10. The molecule has 0 saturated carbocycles. The highest BCUT2D eigenvalue weighted by molar-refractivity contribution is 6.30. The van der Waals surface area contributed by atoms with Crippen molar-refractivity contribution < 1.29 is 14.3 Å². The van der Waals surface area contributed by atoms with Crippen molar-refractivity contribution in [1.82, 2.24) is 9.55 Å². The number of hydrogen-bond acceptors (Lipinski definition) is 3. The molecule has 0 atom stereocenters. The molecule has 3 rings (SSSR count). The molecule has 0 amide bonds. The van der Waals surface area contributed by atoms with E-state index >= 15 is 0 Å². The molecule has 0 saturated heterocycles. The van der Waals surface area contributed by atoms with Gasteiger partial charge in [-0.15, -0.1) is 0 Å². The monoisotopic (exact) mass is 346 g/mol. The lowest BCUT2D eigenvalue weighted by molar-refractivity contribution is -0.137. The number of carboxylic acid groups (broad SMARTS) is 1. The summed E-state index contributed by atoms with van der Waals surface area (Å²) in [5.74, 6) is -1.75. The van der Waals surface area contributed by atoms with Crippen molar-refractivity contribution in [2.75, 3.05) is 0 Å². The third-order valence-corrected chi connectivity index (χ3v) is 3.81. The quantitative estimate of drug-likeness (QED) is 0.788. The lowest BCUT2D eigenvalue weighted by atomic mass is 10.1. The normalized spacial score (nSPS) is 10.9. The Morgan fingerprint density at radius 3 is 2.58 bits per heavy atom. The van der Waals surface area contributed by atoms with E-state index < -0.39 is 23.9 Å². The molecule has 2 aromatic carbocycles. The van der Waals surface area contributed by atoms with Gasteiger partial charge < -0.3 is 5.11 Å². The van der Waals surface area contributed by atoms with Gasteiger partial charge >= 0.3 is 5.97 Å². The highest BCUT2D eigenvalue weighted by atomic mass is 35.5. The van der Waals surface area contributed by atoms with Gasteiger partial charge in [-0.05, 0) is 35.9 Å². The number of rotatable bonds is 4. The van der Waals surface area contributed by atoms with Gasteiger partial charge in [0.25, 0.3) is 5.56 Å². The minimum Gasteiger partial charge on any atom is -0.480 e. The van der Waals surface area contributed by atoms with E-state index in [1.165, 1.54) is 12.1 Å². The topological polar surface area (TPSA) is 72.2 Å². The molecular formula is C17H12ClFN2O3. The fraction of sp³-hybridized carbons (Fsp3) is 0.118. The molecule has 1 heterocycles. The zero-order chi connectivity index (χ0) is 17.3. The molecule has 24 heavy (non-hydrogen) atoms. The van der Waals surface area contributed by atoms with Gasteiger partial charge in [0.1, 0.15) is 18.1 Å². The summed E-state index contributed by atoms with van der Waals surface area (Å²) < 4.78 is 14.5. The molecule has 3 aromatic rings. The Hall–Kier alpha value is -2.73. The molecule has 0 aliphatic carbocycles. The first kappa shape index (κ1) is 16.1. The molecular weight excluding hydrogens is 335 g/mol. The van der Waals surface area contributed by atoms with E-state index in [-0.39, 0.29) is 17.6 Å². The summed E-state index contributed by atoms with van der Waals surface area (Å²) in [6.07, 6.45) is 0.225. The Morgan fingerprint density at radius 1 is 1.21 bits per heavy atom. The maximum atomic E-state index is 13.5. The van der Waals surface area contributed by atoms with Crippen molar-refractivity contribution in [3.05, 3.63) is 74.9 Å². The fourth-order valence-electron chi connectivity index (χ4n) is 2.47. The van der Waals surface area contributed by atoms with Crippen LogP contribution in [0.1, 0.15) is 11.3 Å². The van der Waals surface area contributed by atoms with Crippen molar-refractivity contribution >= 4 is 28.6 Å². The number of aromatic nitrogens is 2. The van der Waals surface area contributed by atoms with Crippen LogP contribution in [0.25, 0.3) is 11.0 Å². The van der Waals surface area contributed by atoms with Crippen LogP contribution in [0.3, 0.4) is 0 Å². The Morgan fingerprint density at radius 2 is 1.92 bits per heavy atom. The van der Waals surface area contributed by atoms with Crippen LogP contribution in [0.15, 0.2) is 47.3 Å². The zero-order valence-electron chi connectivity index (χ0n) is 12.4. The van der Waals surface area contributed by atoms with Crippen molar-refractivity contribution in [3.63, 3.8) is 0 Å². The van der Waals surface area contributed by atoms with Gasteiger partial charge in [-0.2, -0.15) is 0 Å². The van der Waals surface area contributed by atoms with Crippen LogP contribution in [0.4, 0.5) is 4.39 Å². The summed E-state index contributed by atoms with van der Waals surface area (Å²) in [7, 11) is 0. The van der Waals surface area contributed by atoms with Crippen LogP contribution in [-0.2, 0) is 17.8 Å². The van der Waals surface area contributed by atoms with Gasteiger partial charge in [0.15, 0.2) is 0 Å². The van der Waals surface area contributed by atoms with E-state index in [0.717, 1.165) is 16.2 Å². The Bertz CT molecular complexity index is 984. The van der Waals surface area contributed by atoms with Crippen LogP contribution >= 0.6 is 11.6 Å². The molecule has 0 aliphatic rings. The maximum Gasteiger partial charge on any atom is 0.323 e. The summed E-state index contributed by atoms with van der Waals surface area (Å²) in [5.41, 5.74) is 0.971. The molecule has 122 valence electrons. The van der Waals surface area contributed by atoms with E-state index in [4.69, 9.17) is 16.7 Å². The van der Waals surface area contributed by atoms with E-state index in [0.29, 0.717) is 10.5 Å². The summed E-state index contributed by atoms with van der Waals surface area (Å²) in [6, 6.07) is 10.7. The predicted octanol–water partition coefficient (Wildman–Crippen LogP) is 2.86. The van der Waals surface area contributed by atoms with Gasteiger partial charge in [-0.1, -0.05) is 23.7 Å². The van der Waals surface area contributed by atoms with Crippen LogP contribution in [0, 0.1) is 5.82 Å². The minimum atomic E-state index is -1.19. The van der Waals surface area contributed by atoms with Gasteiger partial charge in [-0.25, -0.2) is 9.37 Å². The van der Waals surface area contributed by atoms with Gasteiger partial charge in [-0.3, -0.25) is 14.2 Å². The number of fused-ring (bicyclic) bond motifs is 1. The molecule has 5 nitrogen and oxygen atoms in total. The molecule has 7 heteroatoms. The molecule has 0 unspecified atom stereocenters. The van der Waals surface area contributed by atoms with E-state index in [1.54, 1.807) is 24.3 Å². The number of carboxylic acids is 1. The summed E-state index contributed by atoms with van der Waals surface area (Å²) >= 11 is 5.84. The van der Waals surface area contributed by atoms with Gasteiger partial charge in [0.2, 0.25) is 0 Å². The van der Waals surface area contributed by atoms with E-state index in [2.05, 4.69) is 4.98 Å². The standard InChI is InChI=1S/C17H12ClFN2O3/c18-11-3-1-10(2-4-11)7-14-17(24)21(9-16(22)23)15-8-12(19)5-6-13(15)20-14/h1-6,8H,7,9H2,(H,22,23). The van der Waals surface area contributed by atoms with Crippen molar-refractivity contribution in [1.29, 1.82) is 0 Å². The highest BCUT2D eigenvalue weighted by Gasteiger charge is 2.14. The highest BCUT2D eigenvalue weighted by Crippen LogP contribution is 2.15. The van der Waals surface area contributed by atoms with E-state index in [1.807, 2.05) is 0 Å². The first-order chi connectivity index (χ1) is 11.4. The second-order valence-electron chi connectivity index (χ2n) is 5.28. The molecule has 0 aliphatic heterocycles. The average Bonchev–Trinajstić information content (AvgIpc) is 2.54. The van der Waals surface area contributed by atoms with Gasteiger partial charge in [0, 0.05) is 11.4 Å². The first-order valence-electron chi connectivity index (χ1n) is 7.09. The second-order valence-corrected chi connectivity index (χ2v) is 5.72. The number of hydrogen-bond donors (Lipinski definition) is 1. The van der Waals surface area contributed by atoms with Crippen LogP contribution in [0.2, 0.25) is 5.02 Å². The maximum absolute atomic E-state index is 13.5. The zero-order valence-corrected chi connectivity index (χ0v) is 13.1. The smallest absolute Gasteiger partial charge is 0.323 e. The SMILES string of the molecule is O=C(O)Cn1c(=O)c(Cc2ccc(Cl)cc2)nc2ccc(F)cc21. The third-order valence-electron chi connectivity index (χ3n) is 3.55. The number of nitrogens with zero attached hydrogens (tertiary/aromatic N) is 2. The first-order valence-corrected chi connectivity index (χ1v) is 7.47. The summed E-state index contributed by atoms with van der Waals surface area (Å²) in [5, 5.41) is 9.62. The number of aliphatic carboxylic acids is 1. The second kappa shape index (κ2) is 6.41. The molecule has 0 fully saturated rings. The van der Waals surface area contributed by atoms with Crippen LogP contribution in [-0.4, -0.2) is 20.6 Å². The average molecular weight is 347 g/mol. The van der Waals surface area contributed by atoms with Crippen molar-refractivity contribution in [3.8, 4) is 0 Å². The van der Waals surface area contributed by atoms with Gasteiger partial charge in [0.05, 0.1) is 11.0 Å². The third kappa shape index (κ3) is 3.28. The molecule has 0 radical (unpaired) electrons. The number of benzene rings is 2. The largest absolute Gasteiger partial charge is 0.480 e. The van der Waals surface area contributed by atoms with Crippen molar-refractivity contribution in [2.45, 2.75) is 13.0 Å². The number of halogens is 2. The summed E-state index contributed by atoms with van der Waals surface area (Å²) in [4.78, 5) is 27.9. The lowest BCUT2D eigenvalue weighted by Crippen LogP contribution is -2.29. The predicted molar refractivity (Wildman–Crippen MR) is 87.9 cm³/mol. The molecule has 0 bridgehead atoms. The number of carbonyl (C=O) groups is 1. The summed E-state index contributed by atoms with van der Waals surface area (Å²) in [6.45, 7) is -0.561. The van der Waals surface area contributed by atoms with Crippen LogP contribution in [0.5, 0.6) is 0 Å². The molecule has 0 spiro atoms.